The number of benzene rings is 1. The number of carbonyl (C=O) groups excluding carboxylic acids is 2. The number of ketones is 1. The number of aliphatic hydroxyl groups excluding tert-OH is 1. The first kappa shape index (κ1) is 12.6. The minimum absolute atomic E-state index is 0.231. The van der Waals surface area contributed by atoms with Crippen LogP contribution in [0.1, 0.15) is 23.2 Å². The summed E-state index contributed by atoms with van der Waals surface area (Å²) < 4.78 is 0.799. The molecule has 2 N–H and O–H groups in total. The SMILES string of the molecule is O=C1Nc2cc(N3CCC(O)CC3)c(Br)cc2C1=O. The molecule has 0 aromatic heterocycles. The Balaban J connectivity index is 1.94. The fourth-order valence-corrected chi connectivity index (χ4v) is 3.10. The number of anilines is 2. The number of carbonyl (C=O) groups is 2. The van der Waals surface area contributed by atoms with E-state index in [1.54, 1.807) is 6.07 Å². The van der Waals surface area contributed by atoms with Gasteiger partial charge in [0.15, 0.2) is 0 Å². The number of hydrogen-bond donors (Lipinski definition) is 2. The van der Waals surface area contributed by atoms with E-state index in [1.807, 2.05) is 6.07 Å². The summed E-state index contributed by atoms with van der Waals surface area (Å²) in [5, 5.41) is 12.1. The average molecular weight is 325 g/mol. The Hall–Kier alpha value is -1.40. The lowest BCUT2D eigenvalue weighted by Crippen LogP contribution is -2.36. The molecule has 2 aliphatic heterocycles. The standard InChI is InChI=1S/C13H13BrN2O3/c14-9-5-8-10(15-13(19)12(8)18)6-11(9)16-3-1-7(17)2-4-16/h5-7,17H,1-4H2,(H,15,18,19). The lowest BCUT2D eigenvalue weighted by atomic mass is 10.1. The lowest BCUT2D eigenvalue weighted by molar-refractivity contribution is -0.112. The van der Waals surface area contributed by atoms with Gasteiger partial charge in [0, 0.05) is 17.6 Å². The van der Waals surface area contributed by atoms with Crippen molar-refractivity contribution in [2.24, 2.45) is 0 Å². The Labute approximate surface area is 118 Å². The van der Waals surface area contributed by atoms with Crippen molar-refractivity contribution < 1.29 is 14.7 Å². The van der Waals surface area contributed by atoms with Crippen molar-refractivity contribution in [2.45, 2.75) is 18.9 Å². The highest BCUT2D eigenvalue weighted by Gasteiger charge is 2.30. The van der Waals surface area contributed by atoms with Crippen LogP contribution in [0.25, 0.3) is 0 Å². The first-order valence-corrected chi connectivity index (χ1v) is 6.98. The van der Waals surface area contributed by atoms with Gasteiger partial charge in [-0.15, -0.1) is 0 Å². The molecule has 19 heavy (non-hydrogen) atoms. The van der Waals surface area contributed by atoms with Gasteiger partial charge in [0.2, 0.25) is 0 Å². The van der Waals surface area contributed by atoms with Crippen LogP contribution in [-0.2, 0) is 4.79 Å². The maximum Gasteiger partial charge on any atom is 0.296 e. The maximum atomic E-state index is 11.6. The number of hydrogen-bond acceptors (Lipinski definition) is 4. The third kappa shape index (κ3) is 2.15. The summed E-state index contributed by atoms with van der Waals surface area (Å²) in [5.41, 5.74) is 1.93. The van der Waals surface area contributed by atoms with Crippen molar-refractivity contribution in [1.82, 2.24) is 0 Å². The number of fused-ring (bicyclic) bond motifs is 1. The van der Waals surface area contributed by atoms with Crippen LogP contribution in [0.15, 0.2) is 16.6 Å². The van der Waals surface area contributed by atoms with Crippen LogP contribution >= 0.6 is 15.9 Å². The third-order valence-electron chi connectivity index (χ3n) is 3.59. The molecule has 1 aromatic rings. The van der Waals surface area contributed by atoms with Crippen LogP contribution in [0, 0.1) is 0 Å². The number of aliphatic hydroxyl groups is 1. The summed E-state index contributed by atoms with van der Waals surface area (Å²) in [4.78, 5) is 25.1. The summed E-state index contributed by atoms with van der Waals surface area (Å²) >= 11 is 3.45. The smallest absolute Gasteiger partial charge is 0.296 e. The van der Waals surface area contributed by atoms with Crippen LogP contribution in [0.4, 0.5) is 11.4 Å². The molecule has 0 atom stereocenters. The van der Waals surface area contributed by atoms with Gasteiger partial charge in [0.05, 0.1) is 23.0 Å². The van der Waals surface area contributed by atoms with Gasteiger partial charge >= 0.3 is 0 Å². The number of Topliss-reactive ketones (excluding diaryl/α,β-unsaturated/α-hetero) is 1. The van der Waals surface area contributed by atoms with Crippen LogP contribution in [0.2, 0.25) is 0 Å². The summed E-state index contributed by atoms with van der Waals surface area (Å²) in [7, 11) is 0. The van der Waals surface area contributed by atoms with Gasteiger partial charge in [-0.25, -0.2) is 0 Å². The van der Waals surface area contributed by atoms with Crippen molar-refractivity contribution in [3.8, 4) is 0 Å². The van der Waals surface area contributed by atoms with Gasteiger partial charge < -0.3 is 15.3 Å². The molecule has 3 rings (SSSR count). The van der Waals surface area contributed by atoms with E-state index in [4.69, 9.17) is 0 Å². The topological polar surface area (TPSA) is 69.6 Å². The Kier molecular flexibility index (Phi) is 3.06. The molecule has 2 heterocycles. The highest BCUT2D eigenvalue weighted by molar-refractivity contribution is 9.10. The number of halogens is 1. The molecule has 2 aliphatic rings. The zero-order valence-corrected chi connectivity index (χ0v) is 11.7. The van der Waals surface area contributed by atoms with Crippen LogP contribution < -0.4 is 10.2 Å². The quantitative estimate of drug-likeness (QED) is 0.769. The van der Waals surface area contributed by atoms with Gasteiger partial charge in [0.1, 0.15) is 0 Å². The minimum atomic E-state index is -0.576. The summed E-state index contributed by atoms with van der Waals surface area (Å²) in [6, 6.07) is 3.51. The molecule has 1 amide bonds. The van der Waals surface area contributed by atoms with E-state index in [-0.39, 0.29) is 6.10 Å². The van der Waals surface area contributed by atoms with Gasteiger partial charge in [-0.1, -0.05) is 0 Å². The molecule has 0 aliphatic carbocycles. The molecule has 1 aromatic carbocycles. The minimum Gasteiger partial charge on any atom is -0.393 e. The number of nitrogens with zero attached hydrogens (tertiary/aromatic N) is 1. The van der Waals surface area contributed by atoms with Crippen molar-refractivity contribution in [1.29, 1.82) is 0 Å². The largest absolute Gasteiger partial charge is 0.393 e. The molecule has 6 heteroatoms. The van der Waals surface area contributed by atoms with E-state index in [2.05, 4.69) is 26.1 Å². The van der Waals surface area contributed by atoms with Gasteiger partial charge in [-0.05, 0) is 40.9 Å². The van der Waals surface area contributed by atoms with Crippen molar-refractivity contribution in [3.05, 3.63) is 22.2 Å². The Morgan fingerprint density at radius 3 is 2.63 bits per heavy atom. The Morgan fingerprint density at radius 1 is 1.26 bits per heavy atom. The van der Waals surface area contributed by atoms with Crippen molar-refractivity contribution in [2.75, 3.05) is 23.3 Å². The first-order valence-electron chi connectivity index (χ1n) is 6.18. The zero-order chi connectivity index (χ0) is 13.6. The summed E-state index contributed by atoms with van der Waals surface area (Å²) in [6.45, 7) is 1.53. The van der Waals surface area contributed by atoms with Crippen molar-refractivity contribution in [3.63, 3.8) is 0 Å². The zero-order valence-electron chi connectivity index (χ0n) is 10.1. The molecular weight excluding hydrogens is 312 g/mol. The highest BCUT2D eigenvalue weighted by Crippen LogP contribution is 2.36. The van der Waals surface area contributed by atoms with E-state index in [0.717, 1.165) is 36.1 Å². The monoisotopic (exact) mass is 324 g/mol. The molecule has 1 fully saturated rings. The molecule has 0 spiro atoms. The number of amides is 1. The fraction of sp³-hybridized carbons (Fsp3) is 0.385. The predicted octanol–water partition coefficient (Wildman–Crippen LogP) is 1.54. The second-order valence-electron chi connectivity index (χ2n) is 4.85. The van der Waals surface area contributed by atoms with E-state index < -0.39 is 11.7 Å². The van der Waals surface area contributed by atoms with E-state index in [1.165, 1.54) is 0 Å². The molecule has 1 saturated heterocycles. The molecular formula is C13H13BrN2O3. The van der Waals surface area contributed by atoms with Crippen LogP contribution in [0.5, 0.6) is 0 Å². The second kappa shape index (κ2) is 4.61. The Bertz CT molecular complexity index is 565. The molecule has 5 nitrogen and oxygen atoms in total. The number of nitrogens with one attached hydrogen (secondary N) is 1. The van der Waals surface area contributed by atoms with E-state index >= 15 is 0 Å². The number of rotatable bonds is 1. The molecule has 100 valence electrons. The van der Waals surface area contributed by atoms with Crippen LogP contribution in [0.3, 0.4) is 0 Å². The number of piperidine rings is 1. The summed E-state index contributed by atoms with van der Waals surface area (Å²) in [6.07, 6.45) is 1.23. The first-order chi connectivity index (χ1) is 9.06. The molecule has 0 radical (unpaired) electrons. The Morgan fingerprint density at radius 2 is 1.95 bits per heavy atom. The lowest BCUT2D eigenvalue weighted by Gasteiger charge is -2.32. The van der Waals surface area contributed by atoms with Crippen LogP contribution in [-0.4, -0.2) is 36.0 Å². The van der Waals surface area contributed by atoms with Crippen molar-refractivity contribution >= 4 is 39.0 Å². The summed E-state index contributed by atoms with van der Waals surface area (Å²) in [5.74, 6) is -1.07. The van der Waals surface area contributed by atoms with E-state index in [0.29, 0.717) is 11.3 Å². The van der Waals surface area contributed by atoms with Gasteiger partial charge in [0.25, 0.3) is 11.7 Å². The third-order valence-corrected chi connectivity index (χ3v) is 4.23. The van der Waals surface area contributed by atoms with Gasteiger partial charge in [-0.3, -0.25) is 9.59 Å². The van der Waals surface area contributed by atoms with E-state index in [9.17, 15) is 14.7 Å². The molecule has 0 bridgehead atoms. The predicted molar refractivity (Wildman–Crippen MR) is 74.6 cm³/mol. The average Bonchev–Trinajstić information content (AvgIpc) is 2.66. The normalized spacial score (nSPS) is 19.6. The van der Waals surface area contributed by atoms with Gasteiger partial charge in [-0.2, -0.15) is 0 Å². The maximum absolute atomic E-state index is 11.6. The molecule has 0 unspecified atom stereocenters. The fourth-order valence-electron chi connectivity index (χ4n) is 2.50. The highest BCUT2D eigenvalue weighted by atomic mass is 79.9. The molecule has 0 saturated carbocycles. The second-order valence-corrected chi connectivity index (χ2v) is 5.71.